The zero-order valence-electron chi connectivity index (χ0n) is 11.1. The Hall–Kier alpha value is -0.680. The number of hydrogen-bond donors (Lipinski definition) is 0. The van der Waals surface area contributed by atoms with E-state index >= 15 is 0 Å². The average Bonchev–Trinajstić information content (AvgIpc) is 2.36. The number of benzene rings is 2. The molecule has 2 aromatic carbocycles. The third-order valence-corrected chi connectivity index (χ3v) is 4.69. The first kappa shape index (κ1) is 14.7. The van der Waals surface area contributed by atoms with Gasteiger partial charge in [0.15, 0.2) is 5.78 Å². The lowest BCUT2D eigenvalue weighted by atomic mass is 9.95. The summed E-state index contributed by atoms with van der Waals surface area (Å²) in [6, 6.07) is 9.86. The number of carbonyl (C=O) groups excluding carboxylic acids is 1. The largest absolute Gasteiger partial charge is 0.289 e. The molecule has 0 heterocycles. The third-order valence-electron chi connectivity index (χ3n) is 3.26. The molecular formula is C16H14BrIO. The number of aryl methyl sites for hydroxylation is 3. The standard InChI is InChI=1S/C16H14BrIO/c1-9-6-11(3)13(7-10(9)2)16(19)14-8-12(17)4-5-15(14)18/h4-8H,1-3H3. The van der Waals surface area contributed by atoms with Crippen LogP contribution in [0.4, 0.5) is 0 Å². The zero-order valence-corrected chi connectivity index (χ0v) is 14.8. The predicted octanol–water partition coefficient (Wildman–Crippen LogP) is 5.21. The van der Waals surface area contributed by atoms with Gasteiger partial charge < -0.3 is 0 Å². The molecule has 0 atom stereocenters. The fourth-order valence-corrected chi connectivity index (χ4v) is 2.96. The van der Waals surface area contributed by atoms with E-state index in [2.05, 4.69) is 51.5 Å². The number of rotatable bonds is 2. The van der Waals surface area contributed by atoms with Gasteiger partial charge in [0, 0.05) is 19.2 Å². The number of halogens is 2. The molecule has 0 aliphatic heterocycles. The highest BCUT2D eigenvalue weighted by Gasteiger charge is 2.16. The van der Waals surface area contributed by atoms with Crippen LogP contribution < -0.4 is 0 Å². The summed E-state index contributed by atoms with van der Waals surface area (Å²) in [7, 11) is 0. The molecule has 0 unspecified atom stereocenters. The van der Waals surface area contributed by atoms with Crippen molar-refractivity contribution in [2.75, 3.05) is 0 Å². The highest BCUT2D eigenvalue weighted by atomic mass is 127. The van der Waals surface area contributed by atoms with E-state index in [1.54, 1.807) is 0 Å². The van der Waals surface area contributed by atoms with Crippen molar-refractivity contribution < 1.29 is 4.79 Å². The minimum absolute atomic E-state index is 0.0892. The van der Waals surface area contributed by atoms with Crippen molar-refractivity contribution in [2.24, 2.45) is 0 Å². The lowest BCUT2D eigenvalue weighted by Gasteiger charge is -2.10. The van der Waals surface area contributed by atoms with Crippen molar-refractivity contribution >= 4 is 44.3 Å². The molecule has 0 aliphatic carbocycles. The molecule has 0 radical (unpaired) electrons. The second kappa shape index (κ2) is 5.75. The van der Waals surface area contributed by atoms with Gasteiger partial charge in [0.05, 0.1) is 0 Å². The Morgan fingerprint density at radius 3 is 2.26 bits per heavy atom. The van der Waals surface area contributed by atoms with Gasteiger partial charge in [0.1, 0.15) is 0 Å². The van der Waals surface area contributed by atoms with Gasteiger partial charge in [-0.15, -0.1) is 0 Å². The number of ketones is 1. The van der Waals surface area contributed by atoms with Gasteiger partial charge in [-0.1, -0.05) is 22.0 Å². The Morgan fingerprint density at radius 2 is 1.58 bits per heavy atom. The Labute approximate surface area is 135 Å². The number of carbonyl (C=O) groups is 1. The molecule has 0 amide bonds. The van der Waals surface area contributed by atoms with Crippen LogP contribution in [0.2, 0.25) is 0 Å². The van der Waals surface area contributed by atoms with Crippen molar-refractivity contribution in [2.45, 2.75) is 20.8 Å². The molecule has 0 spiro atoms. The van der Waals surface area contributed by atoms with E-state index in [0.717, 1.165) is 30.3 Å². The molecule has 0 bridgehead atoms. The smallest absolute Gasteiger partial charge is 0.194 e. The first-order chi connectivity index (χ1) is 8.90. The highest BCUT2D eigenvalue weighted by Crippen LogP contribution is 2.24. The summed E-state index contributed by atoms with van der Waals surface area (Å²) >= 11 is 5.63. The molecule has 3 heteroatoms. The first-order valence-corrected chi connectivity index (χ1v) is 7.85. The van der Waals surface area contributed by atoms with E-state index in [1.165, 1.54) is 5.56 Å². The Bertz CT molecular complexity index is 662. The van der Waals surface area contributed by atoms with E-state index in [9.17, 15) is 4.79 Å². The van der Waals surface area contributed by atoms with Gasteiger partial charge in [-0.05, 0) is 84.3 Å². The Kier molecular flexibility index (Phi) is 4.46. The van der Waals surface area contributed by atoms with Crippen LogP contribution in [0.15, 0.2) is 34.8 Å². The molecule has 2 rings (SSSR count). The maximum Gasteiger partial charge on any atom is 0.194 e. The van der Waals surface area contributed by atoms with Crippen LogP contribution in [-0.4, -0.2) is 5.78 Å². The van der Waals surface area contributed by atoms with Crippen LogP contribution in [0.25, 0.3) is 0 Å². The van der Waals surface area contributed by atoms with Crippen LogP contribution in [0.1, 0.15) is 32.6 Å². The van der Waals surface area contributed by atoms with Crippen molar-refractivity contribution in [1.29, 1.82) is 0 Å². The van der Waals surface area contributed by atoms with Gasteiger partial charge in [0.25, 0.3) is 0 Å². The first-order valence-electron chi connectivity index (χ1n) is 5.97. The average molecular weight is 429 g/mol. The molecule has 0 aromatic heterocycles. The molecule has 19 heavy (non-hydrogen) atoms. The van der Waals surface area contributed by atoms with Crippen LogP contribution in [0.5, 0.6) is 0 Å². The van der Waals surface area contributed by atoms with E-state index in [1.807, 2.05) is 38.1 Å². The highest BCUT2D eigenvalue weighted by molar-refractivity contribution is 14.1. The van der Waals surface area contributed by atoms with Gasteiger partial charge in [-0.25, -0.2) is 0 Å². The molecule has 1 nitrogen and oxygen atoms in total. The molecule has 0 N–H and O–H groups in total. The number of hydrogen-bond acceptors (Lipinski definition) is 1. The maximum absolute atomic E-state index is 12.7. The van der Waals surface area contributed by atoms with Gasteiger partial charge in [-0.3, -0.25) is 4.79 Å². The van der Waals surface area contributed by atoms with Crippen LogP contribution in [0.3, 0.4) is 0 Å². The van der Waals surface area contributed by atoms with Gasteiger partial charge in [0.2, 0.25) is 0 Å². The normalized spacial score (nSPS) is 10.6. The molecule has 0 saturated heterocycles. The van der Waals surface area contributed by atoms with Crippen LogP contribution >= 0.6 is 38.5 Å². The molecule has 0 fully saturated rings. The summed E-state index contributed by atoms with van der Waals surface area (Å²) in [5, 5.41) is 0. The minimum Gasteiger partial charge on any atom is -0.289 e. The SMILES string of the molecule is Cc1cc(C)c(C(=O)c2cc(Br)ccc2I)cc1C. The van der Waals surface area contributed by atoms with Crippen LogP contribution in [0, 0.1) is 24.3 Å². The zero-order chi connectivity index (χ0) is 14.2. The minimum atomic E-state index is 0.0892. The van der Waals surface area contributed by atoms with Gasteiger partial charge in [-0.2, -0.15) is 0 Å². The predicted molar refractivity (Wildman–Crippen MR) is 90.9 cm³/mol. The summed E-state index contributed by atoms with van der Waals surface area (Å²) in [6.45, 7) is 6.10. The molecular weight excluding hydrogens is 415 g/mol. The molecule has 0 saturated carbocycles. The fraction of sp³-hybridized carbons (Fsp3) is 0.188. The van der Waals surface area contributed by atoms with E-state index in [-0.39, 0.29) is 5.78 Å². The molecule has 2 aromatic rings. The van der Waals surface area contributed by atoms with Crippen molar-refractivity contribution in [3.63, 3.8) is 0 Å². The summed E-state index contributed by atoms with van der Waals surface area (Å²) in [6.07, 6.45) is 0. The van der Waals surface area contributed by atoms with Crippen molar-refractivity contribution in [3.05, 3.63) is 66.2 Å². The second-order valence-electron chi connectivity index (χ2n) is 4.70. The Morgan fingerprint density at radius 1 is 0.947 bits per heavy atom. The maximum atomic E-state index is 12.7. The molecule has 0 aliphatic rings. The second-order valence-corrected chi connectivity index (χ2v) is 6.78. The summed E-state index contributed by atoms with van der Waals surface area (Å²) in [4.78, 5) is 12.7. The lowest BCUT2D eigenvalue weighted by Crippen LogP contribution is -2.07. The third kappa shape index (κ3) is 3.08. The molecule has 98 valence electrons. The topological polar surface area (TPSA) is 17.1 Å². The van der Waals surface area contributed by atoms with E-state index < -0.39 is 0 Å². The van der Waals surface area contributed by atoms with E-state index in [4.69, 9.17) is 0 Å². The fourth-order valence-electron chi connectivity index (χ4n) is 2.02. The lowest BCUT2D eigenvalue weighted by molar-refractivity contribution is 0.103. The van der Waals surface area contributed by atoms with Crippen LogP contribution in [-0.2, 0) is 0 Å². The van der Waals surface area contributed by atoms with Gasteiger partial charge >= 0.3 is 0 Å². The quantitative estimate of drug-likeness (QED) is 0.474. The monoisotopic (exact) mass is 428 g/mol. The summed E-state index contributed by atoms with van der Waals surface area (Å²) in [5.74, 6) is 0.0892. The van der Waals surface area contributed by atoms with E-state index in [0.29, 0.717) is 0 Å². The van der Waals surface area contributed by atoms with Crippen molar-refractivity contribution in [1.82, 2.24) is 0 Å². The summed E-state index contributed by atoms with van der Waals surface area (Å²) in [5.41, 5.74) is 4.95. The van der Waals surface area contributed by atoms with Crippen molar-refractivity contribution in [3.8, 4) is 0 Å². The summed E-state index contributed by atoms with van der Waals surface area (Å²) < 4.78 is 1.90. The Balaban J connectivity index is 2.56.